The second-order valence-electron chi connectivity index (χ2n) is 5.32. The van der Waals surface area contributed by atoms with Crippen LogP contribution in [0.5, 0.6) is 11.5 Å². The molecule has 0 aromatic heterocycles. The average Bonchev–Trinajstić information content (AvgIpc) is 2.69. The molecular weight excluding hydrogens is 245 g/mol. The highest BCUT2D eigenvalue weighted by atomic mass is 19.1. The van der Waals surface area contributed by atoms with Crippen LogP contribution in [0.1, 0.15) is 24.8 Å². The fourth-order valence-electron chi connectivity index (χ4n) is 2.85. The number of hydrogen-bond donors (Lipinski definition) is 1. The van der Waals surface area contributed by atoms with Gasteiger partial charge in [0.2, 0.25) is 0 Å². The van der Waals surface area contributed by atoms with Gasteiger partial charge in [0.25, 0.3) is 0 Å². The standard InChI is InChI=1S/C15H20FNO2/c16-13-4-5-14-15(19-8-2-7-18-14)12(13)9-11-3-1-6-17-10-11/h4-5,11,17H,1-3,6-10H2. The Balaban J connectivity index is 1.86. The van der Waals surface area contributed by atoms with Crippen LogP contribution >= 0.6 is 0 Å². The van der Waals surface area contributed by atoms with Gasteiger partial charge in [0, 0.05) is 12.0 Å². The highest BCUT2D eigenvalue weighted by Crippen LogP contribution is 2.36. The summed E-state index contributed by atoms with van der Waals surface area (Å²) in [6.07, 6.45) is 3.89. The number of hydrogen-bond acceptors (Lipinski definition) is 3. The first-order valence-electron chi connectivity index (χ1n) is 7.12. The third-order valence-electron chi connectivity index (χ3n) is 3.85. The minimum atomic E-state index is -0.171. The topological polar surface area (TPSA) is 30.5 Å². The first kappa shape index (κ1) is 12.7. The molecule has 2 aliphatic rings. The molecule has 1 unspecified atom stereocenters. The molecule has 2 aliphatic heterocycles. The SMILES string of the molecule is Fc1ccc2c(c1CC1CCCNC1)OCCCO2. The summed E-state index contributed by atoms with van der Waals surface area (Å²) in [4.78, 5) is 0. The van der Waals surface area contributed by atoms with Crippen LogP contribution in [-0.4, -0.2) is 26.3 Å². The molecule has 1 aromatic rings. The van der Waals surface area contributed by atoms with Gasteiger partial charge in [-0.3, -0.25) is 0 Å². The summed E-state index contributed by atoms with van der Waals surface area (Å²) in [7, 11) is 0. The Labute approximate surface area is 113 Å². The second kappa shape index (κ2) is 5.78. The summed E-state index contributed by atoms with van der Waals surface area (Å²) in [6.45, 7) is 3.28. The van der Waals surface area contributed by atoms with Crippen LogP contribution < -0.4 is 14.8 Å². The molecule has 4 heteroatoms. The number of benzene rings is 1. The van der Waals surface area contributed by atoms with Gasteiger partial charge < -0.3 is 14.8 Å². The van der Waals surface area contributed by atoms with Crippen LogP contribution in [0.4, 0.5) is 4.39 Å². The highest BCUT2D eigenvalue weighted by molar-refractivity contribution is 5.48. The molecule has 0 spiro atoms. The fourth-order valence-corrected chi connectivity index (χ4v) is 2.85. The number of piperidine rings is 1. The zero-order chi connectivity index (χ0) is 13.1. The summed E-state index contributed by atoms with van der Waals surface area (Å²) >= 11 is 0. The van der Waals surface area contributed by atoms with Crippen LogP contribution in [0.15, 0.2) is 12.1 Å². The average molecular weight is 265 g/mol. The third-order valence-corrected chi connectivity index (χ3v) is 3.85. The number of nitrogens with one attached hydrogen (secondary N) is 1. The van der Waals surface area contributed by atoms with E-state index in [2.05, 4.69) is 5.32 Å². The third kappa shape index (κ3) is 2.84. The van der Waals surface area contributed by atoms with Gasteiger partial charge in [-0.15, -0.1) is 0 Å². The predicted octanol–water partition coefficient (Wildman–Crippen LogP) is 2.53. The Morgan fingerprint density at radius 1 is 1.21 bits per heavy atom. The molecule has 3 rings (SSSR count). The molecular formula is C15H20FNO2. The van der Waals surface area contributed by atoms with Crippen LogP contribution in [0.3, 0.4) is 0 Å². The van der Waals surface area contributed by atoms with E-state index < -0.39 is 0 Å². The quantitative estimate of drug-likeness (QED) is 0.891. The minimum absolute atomic E-state index is 0.171. The van der Waals surface area contributed by atoms with Crippen molar-refractivity contribution < 1.29 is 13.9 Å². The van der Waals surface area contributed by atoms with Crippen molar-refractivity contribution >= 4 is 0 Å². The molecule has 0 saturated carbocycles. The Hall–Kier alpha value is -1.29. The molecule has 0 amide bonds. The van der Waals surface area contributed by atoms with Crippen molar-refractivity contribution in [2.45, 2.75) is 25.7 Å². The van der Waals surface area contributed by atoms with Crippen LogP contribution in [0.2, 0.25) is 0 Å². The van der Waals surface area contributed by atoms with Crippen molar-refractivity contribution in [1.29, 1.82) is 0 Å². The van der Waals surface area contributed by atoms with Crippen LogP contribution in [-0.2, 0) is 6.42 Å². The molecule has 3 nitrogen and oxygen atoms in total. The fraction of sp³-hybridized carbons (Fsp3) is 0.600. The van der Waals surface area contributed by atoms with Gasteiger partial charge in [0.15, 0.2) is 11.5 Å². The molecule has 2 heterocycles. The van der Waals surface area contributed by atoms with Gasteiger partial charge in [-0.1, -0.05) is 0 Å². The number of ether oxygens (including phenoxy) is 2. The minimum Gasteiger partial charge on any atom is -0.490 e. The summed E-state index contributed by atoms with van der Waals surface area (Å²) in [6, 6.07) is 3.18. The summed E-state index contributed by atoms with van der Waals surface area (Å²) in [5.41, 5.74) is 0.688. The lowest BCUT2D eigenvalue weighted by atomic mass is 9.91. The van der Waals surface area contributed by atoms with Gasteiger partial charge in [-0.05, 0) is 50.4 Å². The maximum atomic E-state index is 14.1. The molecule has 0 aliphatic carbocycles. The molecule has 1 aromatic carbocycles. The maximum Gasteiger partial charge on any atom is 0.167 e. The van der Waals surface area contributed by atoms with Gasteiger partial charge >= 0.3 is 0 Å². The van der Waals surface area contributed by atoms with Gasteiger partial charge in [-0.25, -0.2) is 4.39 Å². The number of halogens is 1. The maximum absolute atomic E-state index is 14.1. The zero-order valence-corrected chi connectivity index (χ0v) is 11.1. The Morgan fingerprint density at radius 3 is 2.95 bits per heavy atom. The largest absolute Gasteiger partial charge is 0.490 e. The van der Waals surface area contributed by atoms with E-state index in [1.165, 1.54) is 12.5 Å². The zero-order valence-electron chi connectivity index (χ0n) is 11.1. The molecule has 0 radical (unpaired) electrons. The van der Waals surface area contributed by atoms with Crippen molar-refractivity contribution in [2.75, 3.05) is 26.3 Å². The molecule has 1 saturated heterocycles. The lowest BCUT2D eigenvalue weighted by Gasteiger charge is -2.24. The molecule has 1 N–H and O–H groups in total. The first-order chi connectivity index (χ1) is 9.34. The Morgan fingerprint density at radius 2 is 2.11 bits per heavy atom. The summed E-state index contributed by atoms with van der Waals surface area (Å²) < 4.78 is 25.5. The number of rotatable bonds is 2. The van der Waals surface area contributed by atoms with E-state index >= 15 is 0 Å². The van der Waals surface area contributed by atoms with Crippen LogP contribution in [0, 0.1) is 11.7 Å². The second-order valence-corrected chi connectivity index (χ2v) is 5.32. The first-order valence-corrected chi connectivity index (χ1v) is 7.12. The highest BCUT2D eigenvalue weighted by Gasteiger charge is 2.22. The van der Waals surface area contributed by atoms with E-state index in [9.17, 15) is 4.39 Å². The van der Waals surface area contributed by atoms with Crippen molar-refractivity contribution in [2.24, 2.45) is 5.92 Å². The van der Waals surface area contributed by atoms with E-state index in [4.69, 9.17) is 9.47 Å². The van der Waals surface area contributed by atoms with E-state index in [1.807, 2.05) is 0 Å². The predicted molar refractivity (Wildman–Crippen MR) is 71.3 cm³/mol. The van der Waals surface area contributed by atoms with Crippen LogP contribution in [0.25, 0.3) is 0 Å². The summed E-state index contributed by atoms with van der Waals surface area (Å²) in [5.74, 6) is 1.64. The summed E-state index contributed by atoms with van der Waals surface area (Å²) in [5, 5.41) is 3.37. The monoisotopic (exact) mass is 265 g/mol. The molecule has 0 bridgehead atoms. The molecule has 1 fully saturated rings. The van der Waals surface area contributed by atoms with Crippen molar-refractivity contribution in [1.82, 2.24) is 5.32 Å². The number of fused-ring (bicyclic) bond motifs is 1. The van der Waals surface area contributed by atoms with Crippen molar-refractivity contribution in [3.05, 3.63) is 23.5 Å². The van der Waals surface area contributed by atoms with Gasteiger partial charge in [-0.2, -0.15) is 0 Å². The lowest BCUT2D eigenvalue weighted by molar-refractivity contribution is 0.294. The molecule has 104 valence electrons. The van der Waals surface area contributed by atoms with E-state index in [-0.39, 0.29) is 5.82 Å². The van der Waals surface area contributed by atoms with Crippen molar-refractivity contribution in [3.8, 4) is 11.5 Å². The normalized spacial score (nSPS) is 22.9. The van der Waals surface area contributed by atoms with Crippen molar-refractivity contribution in [3.63, 3.8) is 0 Å². The molecule has 19 heavy (non-hydrogen) atoms. The van der Waals surface area contributed by atoms with E-state index in [0.717, 1.165) is 32.4 Å². The van der Waals surface area contributed by atoms with E-state index in [0.29, 0.717) is 36.2 Å². The Kier molecular flexibility index (Phi) is 3.87. The van der Waals surface area contributed by atoms with Gasteiger partial charge in [0.05, 0.1) is 13.2 Å². The molecule has 1 atom stereocenters. The lowest BCUT2D eigenvalue weighted by Crippen LogP contribution is -2.31. The van der Waals surface area contributed by atoms with E-state index in [1.54, 1.807) is 6.07 Å². The smallest absolute Gasteiger partial charge is 0.167 e. The van der Waals surface area contributed by atoms with Gasteiger partial charge in [0.1, 0.15) is 5.82 Å². The Bertz CT molecular complexity index is 444.